The molecule has 0 spiro atoms. The van der Waals surface area contributed by atoms with Crippen molar-refractivity contribution in [1.29, 1.82) is 0 Å². The number of anilines is 1. The molecular formula is C12H16N2. The highest BCUT2D eigenvalue weighted by molar-refractivity contribution is 5.56. The molecule has 1 atom stereocenters. The van der Waals surface area contributed by atoms with Crippen LogP contribution in [-0.4, -0.2) is 0 Å². The highest BCUT2D eigenvalue weighted by Crippen LogP contribution is 2.30. The molecule has 0 aromatic heterocycles. The summed E-state index contributed by atoms with van der Waals surface area (Å²) in [6.45, 7) is 3.69. The molecule has 0 heterocycles. The van der Waals surface area contributed by atoms with E-state index in [0.29, 0.717) is 0 Å². The Labute approximate surface area is 84.6 Å². The van der Waals surface area contributed by atoms with Crippen LogP contribution >= 0.6 is 0 Å². The molecule has 1 aliphatic rings. The molecule has 4 N–H and O–H groups in total. The molecule has 1 aromatic rings. The van der Waals surface area contributed by atoms with Gasteiger partial charge in [-0.3, -0.25) is 0 Å². The van der Waals surface area contributed by atoms with Crippen molar-refractivity contribution in [1.82, 2.24) is 0 Å². The molecule has 2 rings (SSSR count). The van der Waals surface area contributed by atoms with Gasteiger partial charge in [0.2, 0.25) is 0 Å². The highest BCUT2D eigenvalue weighted by atomic mass is 14.6. The van der Waals surface area contributed by atoms with Gasteiger partial charge in [0.25, 0.3) is 0 Å². The van der Waals surface area contributed by atoms with Gasteiger partial charge in [0.15, 0.2) is 0 Å². The van der Waals surface area contributed by atoms with Crippen molar-refractivity contribution in [3.05, 3.63) is 41.5 Å². The van der Waals surface area contributed by atoms with E-state index < -0.39 is 0 Å². The second kappa shape index (κ2) is 3.46. The SMILES string of the molecule is C=C[C@@H](N)c1cc(N)c2c(c1)CCC2. The van der Waals surface area contributed by atoms with Gasteiger partial charge in [-0.05, 0) is 42.0 Å². The van der Waals surface area contributed by atoms with Gasteiger partial charge >= 0.3 is 0 Å². The van der Waals surface area contributed by atoms with Crippen LogP contribution in [0.15, 0.2) is 24.8 Å². The van der Waals surface area contributed by atoms with Crippen molar-refractivity contribution in [2.45, 2.75) is 25.3 Å². The predicted molar refractivity (Wildman–Crippen MR) is 60.0 cm³/mol. The summed E-state index contributed by atoms with van der Waals surface area (Å²) in [5.41, 5.74) is 16.5. The largest absolute Gasteiger partial charge is 0.398 e. The van der Waals surface area contributed by atoms with Crippen molar-refractivity contribution in [3.8, 4) is 0 Å². The summed E-state index contributed by atoms with van der Waals surface area (Å²) in [5, 5.41) is 0. The molecule has 0 amide bonds. The van der Waals surface area contributed by atoms with Crippen LogP contribution in [0.25, 0.3) is 0 Å². The zero-order valence-corrected chi connectivity index (χ0v) is 8.29. The molecule has 2 nitrogen and oxygen atoms in total. The zero-order chi connectivity index (χ0) is 10.1. The fourth-order valence-electron chi connectivity index (χ4n) is 2.09. The third kappa shape index (κ3) is 1.42. The topological polar surface area (TPSA) is 52.0 Å². The Morgan fingerprint density at radius 3 is 2.86 bits per heavy atom. The van der Waals surface area contributed by atoms with Gasteiger partial charge in [-0.15, -0.1) is 6.58 Å². The Balaban J connectivity index is 2.46. The lowest BCUT2D eigenvalue weighted by Gasteiger charge is -2.11. The van der Waals surface area contributed by atoms with E-state index in [0.717, 1.165) is 24.1 Å². The lowest BCUT2D eigenvalue weighted by Crippen LogP contribution is -2.08. The van der Waals surface area contributed by atoms with Crippen molar-refractivity contribution in [2.24, 2.45) is 5.73 Å². The summed E-state index contributed by atoms with van der Waals surface area (Å²) in [7, 11) is 0. The maximum Gasteiger partial charge on any atom is 0.0479 e. The smallest absolute Gasteiger partial charge is 0.0479 e. The molecule has 0 unspecified atom stereocenters. The normalized spacial score (nSPS) is 16.4. The number of benzene rings is 1. The fourth-order valence-corrected chi connectivity index (χ4v) is 2.09. The Bertz CT molecular complexity index is 369. The first-order chi connectivity index (χ1) is 6.72. The first-order valence-electron chi connectivity index (χ1n) is 5.01. The maximum absolute atomic E-state index is 5.98. The number of rotatable bonds is 2. The number of nitrogen functional groups attached to an aromatic ring is 1. The van der Waals surface area contributed by atoms with Crippen molar-refractivity contribution in [3.63, 3.8) is 0 Å². The van der Waals surface area contributed by atoms with E-state index in [1.165, 1.54) is 17.5 Å². The highest BCUT2D eigenvalue weighted by Gasteiger charge is 2.15. The third-order valence-corrected chi connectivity index (χ3v) is 2.91. The van der Waals surface area contributed by atoms with E-state index in [9.17, 15) is 0 Å². The minimum atomic E-state index is -0.0943. The number of hydrogen-bond acceptors (Lipinski definition) is 2. The molecule has 1 aromatic carbocycles. The predicted octanol–water partition coefficient (Wildman–Crippen LogP) is 1.94. The van der Waals surface area contributed by atoms with E-state index >= 15 is 0 Å². The second-order valence-corrected chi connectivity index (χ2v) is 3.86. The summed E-state index contributed by atoms with van der Waals surface area (Å²) >= 11 is 0. The first kappa shape index (κ1) is 9.28. The van der Waals surface area contributed by atoms with Crippen molar-refractivity contribution >= 4 is 5.69 Å². The van der Waals surface area contributed by atoms with Crippen LogP contribution in [0.3, 0.4) is 0 Å². The summed E-state index contributed by atoms with van der Waals surface area (Å²) in [4.78, 5) is 0. The third-order valence-electron chi connectivity index (χ3n) is 2.91. The second-order valence-electron chi connectivity index (χ2n) is 3.86. The van der Waals surface area contributed by atoms with Crippen LogP contribution in [-0.2, 0) is 12.8 Å². The molecule has 0 radical (unpaired) electrons. The molecule has 74 valence electrons. The fraction of sp³-hybridized carbons (Fsp3) is 0.333. The van der Waals surface area contributed by atoms with Crippen LogP contribution in [0.5, 0.6) is 0 Å². The summed E-state index contributed by atoms with van der Waals surface area (Å²) in [6, 6.07) is 4.06. The maximum atomic E-state index is 5.98. The molecule has 0 saturated heterocycles. The average molecular weight is 188 g/mol. The van der Waals surface area contributed by atoms with Crippen LogP contribution in [0.4, 0.5) is 5.69 Å². The van der Waals surface area contributed by atoms with Gasteiger partial charge in [0.1, 0.15) is 0 Å². The van der Waals surface area contributed by atoms with E-state index in [2.05, 4.69) is 12.6 Å². The number of nitrogens with two attached hydrogens (primary N) is 2. The van der Waals surface area contributed by atoms with Crippen molar-refractivity contribution < 1.29 is 0 Å². The molecule has 0 aliphatic heterocycles. The van der Waals surface area contributed by atoms with E-state index in [4.69, 9.17) is 11.5 Å². The number of aryl methyl sites for hydroxylation is 1. The van der Waals surface area contributed by atoms with Crippen LogP contribution in [0.2, 0.25) is 0 Å². The minimum absolute atomic E-state index is 0.0943. The Morgan fingerprint density at radius 1 is 1.36 bits per heavy atom. The Morgan fingerprint density at radius 2 is 2.14 bits per heavy atom. The molecule has 0 saturated carbocycles. The lowest BCUT2D eigenvalue weighted by molar-refractivity contribution is 0.902. The van der Waals surface area contributed by atoms with Crippen LogP contribution in [0.1, 0.15) is 29.2 Å². The average Bonchev–Trinajstić information content (AvgIpc) is 2.64. The van der Waals surface area contributed by atoms with Crippen LogP contribution < -0.4 is 11.5 Å². The molecule has 14 heavy (non-hydrogen) atoms. The molecule has 1 aliphatic carbocycles. The number of hydrogen-bond donors (Lipinski definition) is 2. The van der Waals surface area contributed by atoms with Gasteiger partial charge in [-0.25, -0.2) is 0 Å². The monoisotopic (exact) mass is 188 g/mol. The lowest BCUT2D eigenvalue weighted by atomic mass is 10.00. The zero-order valence-electron chi connectivity index (χ0n) is 8.29. The molecular weight excluding hydrogens is 172 g/mol. The van der Waals surface area contributed by atoms with Crippen LogP contribution in [0, 0.1) is 0 Å². The van der Waals surface area contributed by atoms with Gasteiger partial charge < -0.3 is 11.5 Å². The Hall–Kier alpha value is -1.28. The van der Waals surface area contributed by atoms with Gasteiger partial charge in [0, 0.05) is 11.7 Å². The standard InChI is InChI=1S/C12H16N2/c1-2-11(13)9-6-8-4-3-5-10(8)12(14)7-9/h2,6-7,11H,1,3-5,13-14H2/t11-/m1/s1. The van der Waals surface area contributed by atoms with Gasteiger partial charge in [0.05, 0.1) is 0 Å². The summed E-state index contributed by atoms with van der Waals surface area (Å²) in [5.74, 6) is 0. The summed E-state index contributed by atoms with van der Waals surface area (Å²) < 4.78 is 0. The Kier molecular flexibility index (Phi) is 2.30. The van der Waals surface area contributed by atoms with Crippen molar-refractivity contribution in [2.75, 3.05) is 5.73 Å². The van der Waals surface area contributed by atoms with E-state index in [1.54, 1.807) is 6.08 Å². The molecule has 0 bridgehead atoms. The van der Waals surface area contributed by atoms with Gasteiger partial charge in [-0.1, -0.05) is 12.1 Å². The molecule has 2 heteroatoms. The quantitative estimate of drug-likeness (QED) is 0.550. The first-order valence-corrected chi connectivity index (χ1v) is 5.01. The molecule has 0 fully saturated rings. The minimum Gasteiger partial charge on any atom is -0.398 e. The summed E-state index contributed by atoms with van der Waals surface area (Å²) in [6.07, 6.45) is 5.21. The number of fused-ring (bicyclic) bond motifs is 1. The van der Waals surface area contributed by atoms with E-state index in [-0.39, 0.29) is 6.04 Å². The van der Waals surface area contributed by atoms with Gasteiger partial charge in [-0.2, -0.15) is 0 Å². The van der Waals surface area contributed by atoms with E-state index in [1.807, 2.05) is 6.07 Å².